The molecule has 28 heavy (non-hydrogen) atoms. The average molecular weight is 439 g/mol. The number of halogens is 1. The van der Waals surface area contributed by atoms with Gasteiger partial charge in [-0.3, -0.25) is 4.79 Å². The van der Waals surface area contributed by atoms with Gasteiger partial charge in [0.15, 0.2) is 5.69 Å². The number of hydrogen-bond donors (Lipinski definition) is 0. The Morgan fingerprint density at radius 1 is 1.11 bits per heavy atom. The van der Waals surface area contributed by atoms with Gasteiger partial charge in [-0.2, -0.15) is 5.10 Å². The number of hydrogen-bond acceptors (Lipinski definition) is 3. The van der Waals surface area contributed by atoms with Crippen LogP contribution in [-0.4, -0.2) is 40.1 Å². The first-order valence-corrected chi connectivity index (χ1v) is 10.7. The molecule has 4 heterocycles. The first-order valence-electron chi connectivity index (χ1n) is 9.94. The molecule has 1 saturated heterocycles. The van der Waals surface area contributed by atoms with E-state index in [1.807, 2.05) is 29.3 Å². The van der Waals surface area contributed by atoms with Crippen LogP contribution in [0.1, 0.15) is 47.4 Å². The van der Waals surface area contributed by atoms with Crippen LogP contribution in [0.4, 0.5) is 5.69 Å². The molecule has 0 spiro atoms. The summed E-state index contributed by atoms with van der Waals surface area (Å²) in [5, 5.41) is 4.51. The first kappa shape index (κ1) is 17.7. The lowest BCUT2D eigenvalue weighted by atomic mass is 9.92. The second-order valence-corrected chi connectivity index (χ2v) is 8.66. The third-order valence-corrected chi connectivity index (χ3v) is 6.51. The Kier molecular flexibility index (Phi) is 4.38. The molecule has 5 rings (SSSR count). The smallest absolute Gasteiger partial charge is 0.274 e. The van der Waals surface area contributed by atoms with Crippen molar-refractivity contribution in [2.45, 2.75) is 32.2 Å². The largest absolute Gasteiger partial charge is 0.372 e. The van der Waals surface area contributed by atoms with E-state index in [-0.39, 0.29) is 11.9 Å². The lowest BCUT2D eigenvalue weighted by Gasteiger charge is -2.35. The Morgan fingerprint density at radius 2 is 1.93 bits per heavy atom. The molecular formula is C22H23BrN4O. The molecule has 0 N–H and O–H groups in total. The minimum atomic E-state index is 0.00421. The predicted molar refractivity (Wildman–Crippen MR) is 114 cm³/mol. The third kappa shape index (κ3) is 3.00. The molecule has 1 fully saturated rings. The molecule has 0 radical (unpaired) electrons. The maximum absolute atomic E-state index is 13.2. The molecule has 1 amide bonds. The van der Waals surface area contributed by atoms with Crippen molar-refractivity contribution in [1.29, 1.82) is 0 Å². The predicted octanol–water partition coefficient (Wildman–Crippen LogP) is 4.46. The zero-order valence-corrected chi connectivity index (χ0v) is 17.5. The number of amides is 1. The summed E-state index contributed by atoms with van der Waals surface area (Å²) in [7, 11) is 0. The van der Waals surface area contributed by atoms with Gasteiger partial charge in [-0.25, -0.2) is 4.52 Å². The molecular weight excluding hydrogens is 416 g/mol. The van der Waals surface area contributed by atoms with Gasteiger partial charge in [0.1, 0.15) is 0 Å². The quantitative estimate of drug-likeness (QED) is 0.592. The van der Waals surface area contributed by atoms with Gasteiger partial charge in [0.2, 0.25) is 0 Å². The van der Waals surface area contributed by atoms with Gasteiger partial charge in [0, 0.05) is 36.0 Å². The van der Waals surface area contributed by atoms with Crippen molar-refractivity contribution in [3.63, 3.8) is 0 Å². The Bertz CT molecular complexity index is 1050. The highest BCUT2D eigenvalue weighted by atomic mass is 79.9. The molecule has 5 nitrogen and oxygen atoms in total. The fraction of sp³-hybridized carbons (Fsp3) is 0.364. The SMILES string of the molecule is CC1c2cc(N3CCCC3)ccc2CCN1C(=O)c1cc2ccc(Br)cn2n1. The fourth-order valence-corrected chi connectivity index (χ4v) is 4.79. The topological polar surface area (TPSA) is 40.9 Å². The summed E-state index contributed by atoms with van der Waals surface area (Å²) in [6.45, 7) is 5.13. The number of benzene rings is 1. The van der Waals surface area contributed by atoms with Crippen LogP contribution in [0.5, 0.6) is 0 Å². The van der Waals surface area contributed by atoms with Gasteiger partial charge >= 0.3 is 0 Å². The molecule has 1 atom stereocenters. The van der Waals surface area contributed by atoms with Crippen molar-refractivity contribution in [2.75, 3.05) is 24.5 Å². The van der Waals surface area contributed by atoms with Crippen LogP contribution >= 0.6 is 15.9 Å². The van der Waals surface area contributed by atoms with Crippen LogP contribution in [0, 0.1) is 0 Å². The van der Waals surface area contributed by atoms with Crippen molar-refractivity contribution in [2.24, 2.45) is 0 Å². The summed E-state index contributed by atoms with van der Waals surface area (Å²) in [4.78, 5) is 17.7. The molecule has 2 aliphatic heterocycles. The number of fused-ring (bicyclic) bond motifs is 2. The van der Waals surface area contributed by atoms with E-state index in [0.29, 0.717) is 5.69 Å². The van der Waals surface area contributed by atoms with Crippen LogP contribution in [0.3, 0.4) is 0 Å². The van der Waals surface area contributed by atoms with Crippen LogP contribution in [-0.2, 0) is 6.42 Å². The lowest BCUT2D eigenvalue weighted by molar-refractivity contribution is 0.0671. The van der Waals surface area contributed by atoms with Crippen molar-refractivity contribution in [1.82, 2.24) is 14.5 Å². The van der Waals surface area contributed by atoms with E-state index in [1.54, 1.807) is 4.52 Å². The normalized spacial score (nSPS) is 19.3. The third-order valence-electron chi connectivity index (χ3n) is 6.04. The minimum Gasteiger partial charge on any atom is -0.372 e. The molecule has 3 aromatic rings. The fourth-order valence-electron chi connectivity index (χ4n) is 4.46. The van der Waals surface area contributed by atoms with Crippen molar-refractivity contribution >= 4 is 33.0 Å². The van der Waals surface area contributed by atoms with Crippen LogP contribution < -0.4 is 4.90 Å². The van der Waals surface area contributed by atoms with Crippen LogP contribution in [0.25, 0.3) is 5.52 Å². The summed E-state index contributed by atoms with van der Waals surface area (Å²) >= 11 is 3.46. The molecule has 0 bridgehead atoms. The number of carbonyl (C=O) groups is 1. The highest BCUT2D eigenvalue weighted by molar-refractivity contribution is 9.10. The maximum Gasteiger partial charge on any atom is 0.274 e. The van der Waals surface area contributed by atoms with Crippen molar-refractivity contribution < 1.29 is 4.79 Å². The van der Waals surface area contributed by atoms with Crippen molar-refractivity contribution in [3.05, 3.63) is 63.9 Å². The summed E-state index contributed by atoms with van der Waals surface area (Å²) < 4.78 is 2.70. The summed E-state index contributed by atoms with van der Waals surface area (Å²) in [5.41, 5.74) is 5.35. The highest BCUT2D eigenvalue weighted by Gasteiger charge is 2.30. The van der Waals surface area contributed by atoms with Gasteiger partial charge in [0.05, 0.1) is 11.6 Å². The van der Waals surface area contributed by atoms with Crippen LogP contribution in [0.2, 0.25) is 0 Å². The molecule has 1 unspecified atom stereocenters. The average Bonchev–Trinajstić information content (AvgIpc) is 3.37. The second-order valence-electron chi connectivity index (χ2n) is 7.75. The van der Waals surface area contributed by atoms with Crippen molar-refractivity contribution in [3.8, 4) is 0 Å². The molecule has 2 aliphatic rings. The molecule has 0 aliphatic carbocycles. The van der Waals surface area contributed by atoms with Crippen LogP contribution in [0.15, 0.2) is 47.1 Å². The van der Waals surface area contributed by atoms with Gasteiger partial charge in [-0.05, 0) is 83.6 Å². The number of aromatic nitrogens is 2. The molecule has 2 aromatic heterocycles. The van der Waals surface area contributed by atoms with E-state index < -0.39 is 0 Å². The van der Waals surface area contributed by atoms with Gasteiger partial charge in [-0.1, -0.05) is 6.07 Å². The van der Waals surface area contributed by atoms with Gasteiger partial charge < -0.3 is 9.80 Å². The Labute approximate surface area is 173 Å². The van der Waals surface area contributed by atoms with E-state index in [0.717, 1.165) is 36.0 Å². The standard InChI is InChI=1S/C22H23BrN4O/c1-15-20-12-18(25-9-2-3-10-25)6-4-16(20)8-11-26(15)22(28)21-13-19-7-5-17(23)14-27(19)24-21/h4-7,12-15H,2-3,8-11H2,1H3. The second kappa shape index (κ2) is 6.92. The number of rotatable bonds is 2. The van der Waals surface area contributed by atoms with E-state index in [9.17, 15) is 4.79 Å². The molecule has 144 valence electrons. The number of pyridine rings is 1. The number of carbonyl (C=O) groups excluding carboxylic acids is 1. The summed E-state index contributed by atoms with van der Waals surface area (Å²) in [6.07, 6.45) is 5.30. The molecule has 6 heteroatoms. The number of anilines is 1. The Balaban J connectivity index is 1.45. The van der Waals surface area contributed by atoms with E-state index in [1.165, 1.54) is 29.7 Å². The van der Waals surface area contributed by atoms with Gasteiger partial charge in [-0.15, -0.1) is 0 Å². The van der Waals surface area contributed by atoms with E-state index >= 15 is 0 Å². The van der Waals surface area contributed by atoms with Gasteiger partial charge in [0.25, 0.3) is 5.91 Å². The maximum atomic E-state index is 13.2. The molecule has 0 saturated carbocycles. The monoisotopic (exact) mass is 438 g/mol. The van der Waals surface area contributed by atoms with E-state index in [2.05, 4.69) is 51.1 Å². The Morgan fingerprint density at radius 3 is 2.75 bits per heavy atom. The number of nitrogens with zero attached hydrogens (tertiary/aromatic N) is 4. The minimum absolute atomic E-state index is 0.00421. The highest BCUT2D eigenvalue weighted by Crippen LogP contribution is 2.34. The zero-order valence-electron chi connectivity index (χ0n) is 15.9. The lowest BCUT2D eigenvalue weighted by Crippen LogP contribution is -2.39. The summed E-state index contributed by atoms with van der Waals surface area (Å²) in [6, 6.07) is 12.6. The molecule has 1 aromatic carbocycles. The Hall–Kier alpha value is -2.34. The zero-order chi connectivity index (χ0) is 19.3. The van der Waals surface area contributed by atoms with E-state index in [4.69, 9.17) is 0 Å². The first-order chi connectivity index (χ1) is 13.6. The summed E-state index contributed by atoms with van der Waals surface area (Å²) in [5.74, 6) is 0.00421.